The Bertz CT molecular complexity index is 551. The first kappa shape index (κ1) is 24.2. The molecule has 0 saturated carbocycles. The predicted octanol–water partition coefficient (Wildman–Crippen LogP) is 3.45. The fourth-order valence-electron chi connectivity index (χ4n) is 3.77. The van der Waals surface area contributed by atoms with Crippen LogP contribution in [0.2, 0.25) is 0 Å². The van der Waals surface area contributed by atoms with Gasteiger partial charge in [0.25, 0.3) is 0 Å². The zero-order valence-electron chi connectivity index (χ0n) is 17.7. The Balaban J connectivity index is 0.00000364. The lowest BCUT2D eigenvalue weighted by atomic mass is 9.97. The van der Waals surface area contributed by atoms with Crippen molar-refractivity contribution in [3.05, 3.63) is 17.0 Å². The van der Waals surface area contributed by atoms with E-state index < -0.39 is 0 Å². The molecule has 156 valence electrons. The number of piperidine rings is 1. The van der Waals surface area contributed by atoms with Gasteiger partial charge in [-0.15, -0.1) is 24.0 Å². The Morgan fingerprint density at radius 1 is 1.30 bits per heavy atom. The molecule has 1 fully saturated rings. The van der Waals surface area contributed by atoms with E-state index >= 15 is 0 Å². The summed E-state index contributed by atoms with van der Waals surface area (Å²) in [6.07, 6.45) is 4.35. The molecule has 27 heavy (non-hydrogen) atoms. The smallest absolute Gasteiger partial charge is 0.191 e. The first-order valence-electron chi connectivity index (χ1n) is 10.2. The number of halogens is 1. The molecule has 7 heteroatoms. The molecule has 2 heterocycles. The Kier molecular flexibility index (Phi) is 11.3. The van der Waals surface area contributed by atoms with Crippen molar-refractivity contribution in [3.8, 4) is 0 Å². The number of likely N-dealkylation sites (tertiary alicyclic amines) is 1. The van der Waals surface area contributed by atoms with Gasteiger partial charge < -0.3 is 20.1 Å². The van der Waals surface area contributed by atoms with Crippen LogP contribution in [0, 0.1) is 11.8 Å². The van der Waals surface area contributed by atoms with Crippen LogP contribution in [0.25, 0.3) is 0 Å². The van der Waals surface area contributed by atoms with Crippen LogP contribution in [0.5, 0.6) is 0 Å². The van der Waals surface area contributed by atoms with Gasteiger partial charge in [-0.1, -0.05) is 32.9 Å². The van der Waals surface area contributed by atoms with Crippen molar-refractivity contribution < 1.29 is 4.52 Å². The molecule has 1 unspecified atom stereocenters. The molecule has 1 aromatic rings. The highest BCUT2D eigenvalue weighted by atomic mass is 127. The largest absolute Gasteiger partial charge is 0.361 e. The molecule has 0 amide bonds. The van der Waals surface area contributed by atoms with Gasteiger partial charge in [-0.2, -0.15) is 0 Å². The van der Waals surface area contributed by atoms with E-state index in [9.17, 15) is 0 Å². The zero-order valence-corrected chi connectivity index (χ0v) is 20.0. The highest BCUT2D eigenvalue weighted by molar-refractivity contribution is 14.0. The standard InChI is InChI=1S/C20H37N5O.HI/c1-6-18-17(19(7-2)26-24-18)12-23-20(21-5)22-11-16-9-8-10-25(14-16)13-15(3)4;/h15-16H,6-14H2,1-5H3,(H2,21,22,23);1H. The molecule has 1 aliphatic rings. The summed E-state index contributed by atoms with van der Waals surface area (Å²) in [4.78, 5) is 6.99. The SMILES string of the molecule is CCc1noc(CC)c1CNC(=NC)NCC1CCCN(CC(C)C)C1.I. The third kappa shape index (κ3) is 7.60. The minimum absolute atomic E-state index is 0. The lowest BCUT2D eigenvalue weighted by Crippen LogP contribution is -2.45. The van der Waals surface area contributed by atoms with E-state index in [-0.39, 0.29) is 24.0 Å². The van der Waals surface area contributed by atoms with Crippen molar-refractivity contribution in [2.75, 3.05) is 33.2 Å². The number of rotatable bonds is 8. The molecule has 0 bridgehead atoms. The summed E-state index contributed by atoms with van der Waals surface area (Å²) in [6.45, 7) is 14.1. The van der Waals surface area contributed by atoms with Crippen molar-refractivity contribution in [1.82, 2.24) is 20.7 Å². The number of aromatic nitrogens is 1. The normalized spacial score (nSPS) is 18.4. The maximum atomic E-state index is 5.44. The quantitative estimate of drug-likeness (QED) is 0.331. The zero-order chi connectivity index (χ0) is 18.9. The van der Waals surface area contributed by atoms with Crippen LogP contribution in [-0.2, 0) is 19.4 Å². The molecule has 0 aliphatic carbocycles. The van der Waals surface area contributed by atoms with E-state index in [1.165, 1.54) is 38.0 Å². The van der Waals surface area contributed by atoms with Gasteiger partial charge in [0, 0.05) is 45.2 Å². The number of aliphatic imine (C=N–C) groups is 1. The highest BCUT2D eigenvalue weighted by Gasteiger charge is 2.20. The third-order valence-electron chi connectivity index (χ3n) is 5.05. The van der Waals surface area contributed by atoms with E-state index in [2.05, 4.69) is 53.4 Å². The van der Waals surface area contributed by atoms with E-state index in [4.69, 9.17) is 4.52 Å². The highest BCUT2D eigenvalue weighted by Crippen LogP contribution is 2.17. The van der Waals surface area contributed by atoms with Gasteiger partial charge >= 0.3 is 0 Å². The Labute approximate surface area is 181 Å². The topological polar surface area (TPSA) is 65.7 Å². The minimum atomic E-state index is 0. The fourth-order valence-corrected chi connectivity index (χ4v) is 3.77. The Hall–Kier alpha value is -0.830. The average molecular weight is 491 g/mol. The summed E-state index contributed by atoms with van der Waals surface area (Å²) in [5, 5.41) is 11.1. The maximum Gasteiger partial charge on any atom is 0.191 e. The van der Waals surface area contributed by atoms with Crippen molar-refractivity contribution in [2.24, 2.45) is 16.8 Å². The van der Waals surface area contributed by atoms with Gasteiger partial charge in [0.15, 0.2) is 5.96 Å². The minimum Gasteiger partial charge on any atom is -0.361 e. The second-order valence-corrected chi connectivity index (χ2v) is 7.71. The van der Waals surface area contributed by atoms with Crippen molar-refractivity contribution in [2.45, 2.75) is 59.9 Å². The molecule has 1 aliphatic heterocycles. The summed E-state index contributed by atoms with van der Waals surface area (Å²) in [7, 11) is 1.83. The van der Waals surface area contributed by atoms with Gasteiger partial charge in [-0.25, -0.2) is 0 Å². The van der Waals surface area contributed by atoms with Crippen molar-refractivity contribution in [1.29, 1.82) is 0 Å². The molecule has 2 rings (SSSR count). The van der Waals surface area contributed by atoms with Gasteiger partial charge in [-0.3, -0.25) is 4.99 Å². The monoisotopic (exact) mass is 491 g/mol. The second-order valence-electron chi connectivity index (χ2n) is 7.71. The third-order valence-corrected chi connectivity index (χ3v) is 5.05. The van der Waals surface area contributed by atoms with Gasteiger partial charge in [0.1, 0.15) is 5.76 Å². The van der Waals surface area contributed by atoms with Crippen molar-refractivity contribution in [3.63, 3.8) is 0 Å². The summed E-state index contributed by atoms with van der Waals surface area (Å²) in [5.41, 5.74) is 2.22. The summed E-state index contributed by atoms with van der Waals surface area (Å²) in [6, 6.07) is 0. The van der Waals surface area contributed by atoms with E-state index in [0.29, 0.717) is 12.5 Å². The summed E-state index contributed by atoms with van der Waals surface area (Å²) < 4.78 is 5.44. The average Bonchev–Trinajstić information content (AvgIpc) is 3.03. The predicted molar refractivity (Wildman–Crippen MR) is 123 cm³/mol. The van der Waals surface area contributed by atoms with Crippen LogP contribution in [-0.4, -0.2) is 49.2 Å². The number of hydrogen-bond acceptors (Lipinski definition) is 4. The van der Waals surface area contributed by atoms with Crippen LogP contribution in [0.15, 0.2) is 9.52 Å². The van der Waals surface area contributed by atoms with Crippen LogP contribution >= 0.6 is 24.0 Å². The Morgan fingerprint density at radius 3 is 2.70 bits per heavy atom. The van der Waals surface area contributed by atoms with Crippen molar-refractivity contribution >= 4 is 29.9 Å². The number of nitrogens with one attached hydrogen (secondary N) is 2. The lowest BCUT2D eigenvalue weighted by molar-refractivity contribution is 0.159. The lowest BCUT2D eigenvalue weighted by Gasteiger charge is -2.34. The van der Waals surface area contributed by atoms with E-state index in [1.54, 1.807) is 0 Å². The molecular formula is C20H38IN5O. The first-order valence-corrected chi connectivity index (χ1v) is 10.2. The van der Waals surface area contributed by atoms with Crippen LogP contribution < -0.4 is 10.6 Å². The van der Waals surface area contributed by atoms with Gasteiger partial charge in [0.2, 0.25) is 0 Å². The molecule has 0 radical (unpaired) electrons. The van der Waals surface area contributed by atoms with Crippen LogP contribution in [0.4, 0.5) is 0 Å². The van der Waals surface area contributed by atoms with E-state index in [0.717, 1.165) is 42.7 Å². The molecule has 1 aromatic heterocycles. The second kappa shape index (κ2) is 12.6. The number of aryl methyl sites for hydroxylation is 2. The number of nitrogens with zero attached hydrogens (tertiary/aromatic N) is 3. The molecule has 1 atom stereocenters. The van der Waals surface area contributed by atoms with Crippen LogP contribution in [0.1, 0.15) is 57.6 Å². The molecule has 2 N–H and O–H groups in total. The van der Waals surface area contributed by atoms with Gasteiger partial charge in [0.05, 0.1) is 5.69 Å². The van der Waals surface area contributed by atoms with E-state index in [1.807, 2.05) is 7.05 Å². The summed E-state index contributed by atoms with van der Waals surface area (Å²) in [5.74, 6) is 3.26. The molecule has 1 saturated heterocycles. The first-order chi connectivity index (χ1) is 12.6. The Morgan fingerprint density at radius 2 is 2.07 bits per heavy atom. The summed E-state index contributed by atoms with van der Waals surface area (Å²) >= 11 is 0. The molecular weight excluding hydrogens is 453 g/mol. The fraction of sp³-hybridized carbons (Fsp3) is 0.800. The van der Waals surface area contributed by atoms with Gasteiger partial charge in [-0.05, 0) is 37.6 Å². The molecule has 0 aromatic carbocycles. The molecule has 6 nitrogen and oxygen atoms in total. The van der Waals surface area contributed by atoms with Crippen LogP contribution in [0.3, 0.4) is 0 Å². The number of hydrogen-bond donors (Lipinski definition) is 2. The number of guanidine groups is 1. The maximum absolute atomic E-state index is 5.44. The molecule has 0 spiro atoms.